The van der Waals surface area contributed by atoms with Crippen LogP contribution in [-0.4, -0.2) is 63.6 Å². The van der Waals surface area contributed by atoms with Gasteiger partial charge in [-0.15, -0.1) is 0 Å². The maximum absolute atomic E-state index is 14.1. The van der Waals surface area contributed by atoms with Crippen LogP contribution in [0.3, 0.4) is 0 Å². The fourth-order valence-electron chi connectivity index (χ4n) is 7.39. The first-order chi connectivity index (χ1) is 18.9. The number of benzene rings is 1. The molecule has 1 aromatic heterocycles. The Kier molecular flexibility index (Phi) is 7.35. The van der Waals surface area contributed by atoms with Gasteiger partial charge in [-0.05, 0) is 69.6 Å². The van der Waals surface area contributed by atoms with Gasteiger partial charge < -0.3 is 19.5 Å². The van der Waals surface area contributed by atoms with Crippen LogP contribution in [0.5, 0.6) is 0 Å². The summed E-state index contributed by atoms with van der Waals surface area (Å²) in [5.41, 5.74) is 3.12. The van der Waals surface area contributed by atoms with Crippen LogP contribution in [0, 0.1) is 18.7 Å². The van der Waals surface area contributed by atoms with Crippen molar-refractivity contribution in [3.8, 4) is 0 Å². The van der Waals surface area contributed by atoms with Crippen molar-refractivity contribution >= 4 is 12.0 Å². The van der Waals surface area contributed by atoms with Gasteiger partial charge in [0.2, 0.25) is 5.91 Å². The molecule has 4 heterocycles. The number of aryl methyl sites for hydroxylation is 1. The molecule has 9 heteroatoms. The summed E-state index contributed by atoms with van der Waals surface area (Å²) in [7, 11) is 1.44. The second kappa shape index (κ2) is 10.9. The van der Waals surface area contributed by atoms with Crippen molar-refractivity contribution in [2.75, 3.05) is 20.2 Å². The lowest BCUT2D eigenvalue weighted by molar-refractivity contribution is -0.128. The summed E-state index contributed by atoms with van der Waals surface area (Å²) in [6.07, 6.45) is 8.72. The zero-order chi connectivity index (χ0) is 27.1. The molecule has 4 aliphatic rings. The van der Waals surface area contributed by atoms with Gasteiger partial charge in [0.25, 0.3) is 0 Å². The Labute approximate surface area is 229 Å². The smallest absolute Gasteiger partial charge is 0.409 e. The average Bonchev–Trinajstić information content (AvgIpc) is 3.34. The summed E-state index contributed by atoms with van der Waals surface area (Å²) >= 11 is 0. The fourth-order valence-corrected chi connectivity index (χ4v) is 7.39. The van der Waals surface area contributed by atoms with Crippen molar-refractivity contribution in [1.82, 2.24) is 24.7 Å². The van der Waals surface area contributed by atoms with Crippen molar-refractivity contribution in [3.63, 3.8) is 0 Å². The number of nitrogens with zero attached hydrogens (tertiary/aromatic N) is 4. The van der Waals surface area contributed by atoms with Gasteiger partial charge in [0, 0.05) is 43.6 Å². The monoisotopic (exact) mass is 537 g/mol. The average molecular weight is 538 g/mol. The highest BCUT2D eigenvalue weighted by molar-refractivity contribution is 5.79. The first-order valence-corrected chi connectivity index (χ1v) is 14.6. The number of hydrogen-bond acceptors (Lipinski definition) is 5. The first-order valence-electron chi connectivity index (χ1n) is 14.6. The highest BCUT2D eigenvalue weighted by atomic mass is 19.1. The van der Waals surface area contributed by atoms with Gasteiger partial charge in [0.05, 0.1) is 31.1 Å². The topological polar surface area (TPSA) is 79.7 Å². The lowest BCUT2D eigenvalue weighted by Crippen LogP contribution is -2.46. The molecule has 39 heavy (non-hydrogen) atoms. The third-order valence-corrected chi connectivity index (χ3v) is 9.61. The van der Waals surface area contributed by atoms with Crippen LogP contribution >= 0.6 is 0 Å². The minimum absolute atomic E-state index is 0.104. The molecule has 3 aliphatic heterocycles. The molecule has 1 aromatic carbocycles. The standard InChI is InChI=1S/C30H40FN5O3/c1-19-32-27-11-13-34(30(38)39-2)18-28(27)36(19)25-16-23-9-10-24(17-25)35(23)14-12-26(21-7-4-8-22(31)15-21)33-29(37)20-5-3-6-20/h4,7-8,15,20,23-26H,3,5-6,9-14,16-18H2,1-2H3,(H,33,37)/t23-,24+,25?,26-/m0/s1. The van der Waals surface area contributed by atoms with E-state index in [1.54, 1.807) is 17.0 Å². The first kappa shape index (κ1) is 26.3. The Morgan fingerprint density at radius 1 is 1.15 bits per heavy atom. The normalized spacial score (nSPS) is 25.6. The van der Waals surface area contributed by atoms with Gasteiger partial charge in [0.15, 0.2) is 0 Å². The number of carbonyl (C=O) groups excluding carboxylic acids is 2. The number of imidazole rings is 1. The summed E-state index contributed by atoms with van der Waals surface area (Å²) < 4.78 is 21.5. The highest BCUT2D eigenvalue weighted by Crippen LogP contribution is 2.43. The van der Waals surface area contributed by atoms with Crippen molar-refractivity contribution in [3.05, 3.63) is 52.9 Å². The molecule has 210 valence electrons. The number of fused-ring (bicyclic) bond motifs is 3. The number of piperidine rings is 1. The summed E-state index contributed by atoms with van der Waals surface area (Å²) in [6, 6.07) is 7.82. The minimum Gasteiger partial charge on any atom is -0.453 e. The van der Waals surface area contributed by atoms with E-state index in [1.807, 2.05) is 6.07 Å². The van der Waals surface area contributed by atoms with E-state index in [4.69, 9.17) is 9.72 Å². The number of hydrogen-bond donors (Lipinski definition) is 1. The predicted molar refractivity (Wildman–Crippen MR) is 145 cm³/mol. The lowest BCUT2D eigenvalue weighted by atomic mass is 9.84. The van der Waals surface area contributed by atoms with Crippen LogP contribution in [-0.2, 0) is 22.5 Å². The molecule has 2 aromatic rings. The molecule has 6 rings (SSSR count). The Bertz CT molecular complexity index is 1210. The largest absolute Gasteiger partial charge is 0.453 e. The Balaban J connectivity index is 1.14. The molecule has 3 fully saturated rings. The molecule has 0 radical (unpaired) electrons. The van der Waals surface area contributed by atoms with Crippen molar-refractivity contribution < 1.29 is 18.7 Å². The van der Waals surface area contributed by atoms with Gasteiger partial charge in [0.1, 0.15) is 11.6 Å². The molecule has 8 nitrogen and oxygen atoms in total. The number of nitrogens with one attached hydrogen (secondary N) is 1. The predicted octanol–water partition coefficient (Wildman–Crippen LogP) is 4.67. The molecular weight excluding hydrogens is 497 g/mol. The van der Waals surface area contributed by atoms with E-state index in [-0.39, 0.29) is 29.8 Å². The molecule has 2 amide bonds. The van der Waals surface area contributed by atoms with Crippen LogP contribution < -0.4 is 5.32 Å². The van der Waals surface area contributed by atoms with Gasteiger partial charge in [-0.25, -0.2) is 14.2 Å². The molecule has 1 N–H and O–H groups in total. The maximum Gasteiger partial charge on any atom is 0.409 e. The minimum atomic E-state index is -0.279. The molecule has 2 bridgehead atoms. The number of methoxy groups -OCH3 is 1. The molecule has 2 saturated heterocycles. The fraction of sp³-hybridized carbons (Fsp3) is 0.633. The van der Waals surface area contributed by atoms with E-state index in [0.717, 1.165) is 74.3 Å². The number of halogens is 1. The van der Waals surface area contributed by atoms with Crippen molar-refractivity contribution in [2.45, 2.75) is 95.4 Å². The summed E-state index contributed by atoms with van der Waals surface area (Å²) in [6.45, 7) is 4.16. The van der Waals surface area contributed by atoms with E-state index in [0.29, 0.717) is 31.2 Å². The molecule has 4 atom stereocenters. The summed E-state index contributed by atoms with van der Waals surface area (Å²) in [5, 5.41) is 3.26. The van der Waals surface area contributed by atoms with Gasteiger partial charge in [-0.3, -0.25) is 9.69 Å². The van der Waals surface area contributed by atoms with Crippen LogP contribution in [0.15, 0.2) is 24.3 Å². The second-order valence-corrected chi connectivity index (χ2v) is 11.8. The number of amides is 2. The van der Waals surface area contributed by atoms with Crippen LogP contribution in [0.1, 0.15) is 86.2 Å². The quantitative estimate of drug-likeness (QED) is 0.555. The zero-order valence-electron chi connectivity index (χ0n) is 23.1. The maximum atomic E-state index is 14.1. The molecular formula is C30H40FN5O3. The second-order valence-electron chi connectivity index (χ2n) is 11.8. The van der Waals surface area contributed by atoms with Crippen molar-refractivity contribution in [2.24, 2.45) is 5.92 Å². The van der Waals surface area contributed by atoms with Gasteiger partial charge in [-0.1, -0.05) is 18.6 Å². The van der Waals surface area contributed by atoms with E-state index >= 15 is 0 Å². The number of carbonyl (C=O) groups is 2. The summed E-state index contributed by atoms with van der Waals surface area (Å²) in [4.78, 5) is 34.4. The van der Waals surface area contributed by atoms with Crippen LogP contribution in [0.2, 0.25) is 0 Å². The third kappa shape index (κ3) is 5.17. The van der Waals surface area contributed by atoms with E-state index in [2.05, 4.69) is 21.7 Å². The molecule has 1 unspecified atom stereocenters. The number of aromatic nitrogens is 2. The van der Waals surface area contributed by atoms with Gasteiger partial charge in [-0.2, -0.15) is 0 Å². The molecule has 0 spiro atoms. The Hall–Kier alpha value is -2.94. The Morgan fingerprint density at radius 2 is 1.92 bits per heavy atom. The zero-order valence-corrected chi connectivity index (χ0v) is 23.1. The van der Waals surface area contributed by atoms with Crippen LogP contribution in [0.25, 0.3) is 0 Å². The lowest BCUT2D eigenvalue weighted by Gasteiger charge is -2.41. The van der Waals surface area contributed by atoms with E-state index in [1.165, 1.54) is 26.0 Å². The summed E-state index contributed by atoms with van der Waals surface area (Å²) in [5.74, 6) is 0.988. The van der Waals surface area contributed by atoms with Crippen molar-refractivity contribution in [1.29, 1.82) is 0 Å². The van der Waals surface area contributed by atoms with Crippen LogP contribution in [0.4, 0.5) is 9.18 Å². The number of ether oxygens (including phenoxy) is 1. The molecule has 1 aliphatic carbocycles. The SMILES string of the molecule is COC(=O)N1CCc2nc(C)n(C3C[C@H]4CC[C@@H](C3)N4CC[C@H](NC(=O)C3CCC3)c3cccc(F)c3)c2C1. The third-order valence-electron chi connectivity index (χ3n) is 9.61. The molecule has 1 saturated carbocycles. The van der Waals surface area contributed by atoms with E-state index < -0.39 is 0 Å². The van der Waals surface area contributed by atoms with E-state index in [9.17, 15) is 14.0 Å². The Morgan fingerprint density at radius 3 is 2.59 bits per heavy atom. The van der Waals surface area contributed by atoms with Gasteiger partial charge >= 0.3 is 6.09 Å². The number of rotatable bonds is 7. The highest BCUT2D eigenvalue weighted by Gasteiger charge is 2.43.